The fourth-order valence-corrected chi connectivity index (χ4v) is 4.26. The summed E-state index contributed by atoms with van der Waals surface area (Å²) in [6.07, 6.45) is 5.71. The maximum Gasteiger partial charge on any atom is 0.327 e. The Labute approximate surface area is 169 Å². The van der Waals surface area contributed by atoms with Crippen LogP contribution >= 0.6 is 0 Å². The molecule has 0 radical (unpaired) electrons. The Morgan fingerprint density at radius 1 is 1.11 bits per heavy atom. The molecule has 156 valence electrons. The van der Waals surface area contributed by atoms with Crippen molar-refractivity contribution in [1.82, 2.24) is 0 Å². The van der Waals surface area contributed by atoms with E-state index in [0.717, 1.165) is 18.4 Å². The zero-order valence-electron chi connectivity index (χ0n) is 17.7. The third-order valence-corrected chi connectivity index (χ3v) is 7.01. The van der Waals surface area contributed by atoms with Crippen molar-refractivity contribution < 1.29 is 22.7 Å². The number of carbonyl (C=O) groups excluding carboxylic acids is 1. The first-order valence-corrected chi connectivity index (χ1v) is 10.9. The molecular weight excluding hydrogens is 376 g/mol. The molecule has 0 heterocycles. The van der Waals surface area contributed by atoms with Crippen molar-refractivity contribution >= 4 is 15.8 Å². The third-order valence-electron chi connectivity index (χ3n) is 4.60. The van der Waals surface area contributed by atoms with Gasteiger partial charge in [-0.25, -0.2) is 8.42 Å². The molecule has 1 aromatic rings. The second-order valence-corrected chi connectivity index (χ2v) is 9.58. The van der Waals surface area contributed by atoms with E-state index in [4.69, 9.17) is 9.47 Å². The van der Waals surface area contributed by atoms with Gasteiger partial charge >= 0.3 is 5.97 Å². The van der Waals surface area contributed by atoms with E-state index >= 15 is 0 Å². The Bertz CT molecular complexity index is 815. The summed E-state index contributed by atoms with van der Waals surface area (Å²) in [5.41, 5.74) is 2.28. The lowest BCUT2D eigenvalue weighted by Crippen LogP contribution is -2.44. The lowest BCUT2D eigenvalue weighted by Gasteiger charge is -2.26. The quantitative estimate of drug-likeness (QED) is 0.408. The SMILES string of the molecule is CCOC(=O)C(C)(C/C=C(\C)CCC=C(C)C)S(=O)(=O)c1ccc(OC)cc1. The van der Waals surface area contributed by atoms with Crippen LogP contribution in [0.3, 0.4) is 0 Å². The van der Waals surface area contributed by atoms with Crippen LogP contribution in [-0.2, 0) is 19.4 Å². The van der Waals surface area contributed by atoms with Crippen molar-refractivity contribution in [3.05, 3.63) is 47.6 Å². The molecule has 1 aromatic carbocycles. The van der Waals surface area contributed by atoms with Crippen molar-refractivity contribution in [2.45, 2.75) is 63.5 Å². The maximum absolute atomic E-state index is 13.3. The number of rotatable bonds is 10. The Morgan fingerprint density at radius 2 is 1.71 bits per heavy atom. The molecule has 5 nitrogen and oxygen atoms in total. The molecular formula is C22H32O5S. The number of methoxy groups -OCH3 is 1. The summed E-state index contributed by atoms with van der Waals surface area (Å²) >= 11 is 0. The Hall–Kier alpha value is -2.08. The molecule has 0 N–H and O–H groups in total. The number of allylic oxidation sites excluding steroid dienone is 4. The second-order valence-electron chi connectivity index (χ2n) is 7.21. The van der Waals surface area contributed by atoms with Gasteiger partial charge in [-0.1, -0.05) is 23.3 Å². The van der Waals surface area contributed by atoms with E-state index in [1.165, 1.54) is 31.7 Å². The predicted octanol–water partition coefficient (Wildman–Crippen LogP) is 4.87. The Morgan fingerprint density at radius 3 is 2.21 bits per heavy atom. The molecule has 0 amide bonds. The maximum atomic E-state index is 13.3. The lowest BCUT2D eigenvalue weighted by molar-refractivity contribution is -0.145. The van der Waals surface area contributed by atoms with Crippen LogP contribution in [0.15, 0.2) is 52.5 Å². The summed E-state index contributed by atoms with van der Waals surface area (Å²) < 4.78 is 35.1. The van der Waals surface area contributed by atoms with Gasteiger partial charge in [0.25, 0.3) is 0 Å². The monoisotopic (exact) mass is 408 g/mol. The number of sulfone groups is 1. The van der Waals surface area contributed by atoms with Gasteiger partial charge in [-0.05, 0) is 78.1 Å². The fraction of sp³-hybridized carbons (Fsp3) is 0.500. The minimum Gasteiger partial charge on any atom is -0.497 e. The topological polar surface area (TPSA) is 69.7 Å². The largest absolute Gasteiger partial charge is 0.497 e. The van der Waals surface area contributed by atoms with E-state index in [1.54, 1.807) is 19.1 Å². The second kappa shape index (κ2) is 10.5. The molecule has 1 atom stereocenters. The molecule has 28 heavy (non-hydrogen) atoms. The van der Waals surface area contributed by atoms with Crippen LogP contribution in [0, 0.1) is 0 Å². The highest BCUT2D eigenvalue weighted by atomic mass is 32.2. The number of esters is 1. The minimum absolute atomic E-state index is 0.0564. The van der Waals surface area contributed by atoms with E-state index in [0.29, 0.717) is 5.75 Å². The molecule has 0 bridgehead atoms. The van der Waals surface area contributed by atoms with Gasteiger partial charge in [-0.2, -0.15) is 0 Å². The highest BCUT2D eigenvalue weighted by Gasteiger charge is 2.47. The van der Waals surface area contributed by atoms with Crippen LogP contribution < -0.4 is 4.74 Å². The molecule has 0 spiro atoms. The van der Waals surface area contributed by atoms with Crippen LogP contribution in [0.4, 0.5) is 0 Å². The van der Waals surface area contributed by atoms with Gasteiger partial charge in [0.2, 0.25) is 0 Å². The zero-order chi connectivity index (χ0) is 21.4. The Balaban J connectivity index is 3.21. The van der Waals surface area contributed by atoms with E-state index < -0.39 is 20.6 Å². The standard InChI is InChI=1S/C22H32O5S/c1-7-27-21(23)22(5,16-15-18(4)10-8-9-17(2)3)28(24,25)20-13-11-19(26-6)12-14-20/h9,11-15H,7-8,10,16H2,1-6H3/b18-15+. The summed E-state index contributed by atoms with van der Waals surface area (Å²) in [6, 6.07) is 6.05. The number of hydrogen-bond acceptors (Lipinski definition) is 5. The molecule has 0 aliphatic rings. The number of benzene rings is 1. The average Bonchev–Trinajstić information content (AvgIpc) is 2.65. The third kappa shape index (κ3) is 5.96. The first kappa shape index (κ1) is 24.0. The molecule has 1 rings (SSSR count). The molecule has 0 saturated heterocycles. The normalized spacial score (nSPS) is 14.1. The lowest BCUT2D eigenvalue weighted by atomic mass is 10.0. The van der Waals surface area contributed by atoms with Crippen LogP contribution in [0.1, 0.15) is 53.9 Å². The number of hydrogen-bond donors (Lipinski definition) is 0. The minimum atomic E-state index is -3.96. The van der Waals surface area contributed by atoms with Crippen molar-refractivity contribution in [3.8, 4) is 5.75 Å². The number of carbonyl (C=O) groups is 1. The van der Waals surface area contributed by atoms with Crippen molar-refractivity contribution in [2.24, 2.45) is 0 Å². The molecule has 0 aromatic heterocycles. The number of ether oxygens (including phenoxy) is 2. The van der Waals surface area contributed by atoms with E-state index in [-0.39, 0.29) is 17.9 Å². The summed E-state index contributed by atoms with van der Waals surface area (Å²) in [7, 11) is -2.45. The zero-order valence-corrected chi connectivity index (χ0v) is 18.6. The molecule has 6 heteroatoms. The molecule has 0 saturated carbocycles. The van der Waals surface area contributed by atoms with E-state index in [1.807, 2.05) is 26.8 Å². The van der Waals surface area contributed by atoms with Crippen molar-refractivity contribution in [2.75, 3.05) is 13.7 Å². The highest BCUT2D eigenvalue weighted by molar-refractivity contribution is 7.93. The fourth-order valence-electron chi connectivity index (χ4n) is 2.66. The molecule has 0 aliphatic heterocycles. The van der Waals surface area contributed by atoms with Gasteiger partial charge in [-0.15, -0.1) is 0 Å². The summed E-state index contributed by atoms with van der Waals surface area (Å²) in [6.45, 7) is 9.25. The van der Waals surface area contributed by atoms with Crippen LogP contribution in [0.2, 0.25) is 0 Å². The predicted molar refractivity (Wildman–Crippen MR) is 112 cm³/mol. The first-order valence-electron chi connectivity index (χ1n) is 9.43. The van der Waals surface area contributed by atoms with Gasteiger partial charge in [-0.3, -0.25) is 4.79 Å². The smallest absolute Gasteiger partial charge is 0.327 e. The van der Waals surface area contributed by atoms with Gasteiger partial charge in [0, 0.05) is 0 Å². The van der Waals surface area contributed by atoms with Gasteiger partial charge in [0.1, 0.15) is 5.75 Å². The first-order chi connectivity index (χ1) is 13.1. The molecule has 0 fully saturated rings. The van der Waals surface area contributed by atoms with E-state index in [9.17, 15) is 13.2 Å². The van der Waals surface area contributed by atoms with Crippen molar-refractivity contribution in [1.29, 1.82) is 0 Å². The van der Waals surface area contributed by atoms with Gasteiger partial charge in [0.15, 0.2) is 14.6 Å². The summed E-state index contributed by atoms with van der Waals surface area (Å²) in [5.74, 6) is -0.189. The van der Waals surface area contributed by atoms with Crippen LogP contribution in [-0.4, -0.2) is 32.9 Å². The van der Waals surface area contributed by atoms with Crippen LogP contribution in [0.25, 0.3) is 0 Å². The van der Waals surface area contributed by atoms with Gasteiger partial charge < -0.3 is 9.47 Å². The summed E-state index contributed by atoms with van der Waals surface area (Å²) in [5, 5.41) is 0. The highest BCUT2D eigenvalue weighted by Crippen LogP contribution is 2.32. The van der Waals surface area contributed by atoms with E-state index in [2.05, 4.69) is 6.08 Å². The molecule has 1 unspecified atom stereocenters. The molecule has 0 aliphatic carbocycles. The van der Waals surface area contributed by atoms with Gasteiger partial charge in [0.05, 0.1) is 18.6 Å². The average molecular weight is 409 g/mol. The Kier molecular flexibility index (Phi) is 8.95. The van der Waals surface area contributed by atoms with Crippen LogP contribution in [0.5, 0.6) is 5.75 Å². The van der Waals surface area contributed by atoms with Crippen molar-refractivity contribution in [3.63, 3.8) is 0 Å². The summed E-state index contributed by atoms with van der Waals surface area (Å²) in [4.78, 5) is 12.7.